The van der Waals surface area contributed by atoms with Gasteiger partial charge < -0.3 is 15.0 Å². The molecule has 1 aliphatic rings. The third-order valence-corrected chi connectivity index (χ3v) is 3.08. The van der Waals surface area contributed by atoms with Gasteiger partial charge in [0.25, 0.3) is 0 Å². The van der Waals surface area contributed by atoms with Crippen LogP contribution in [0.5, 0.6) is 0 Å². The number of aliphatic hydroxyl groups is 1. The minimum Gasteiger partial charge on any atom is -0.395 e. The van der Waals surface area contributed by atoms with Gasteiger partial charge in [0.15, 0.2) is 0 Å². The monoisotopic (exact) mass is 269 g/mol. The van der Waals surface area contributed by atoms with Crippen molar-refractivity contribution < 1.29 is 10.0 Å². The van der Waals surface area contributed by atoms with Crippen molar-refractivity contribution in [2.24, 2.45) is 0 Å². The quantitative estimate of drug-likeness (QED) is 0.520. The number of anilines is 1. The molecule has 0 radical (unpaired) electrons. The molecular weight excluding hydrogens is 254 g/mol. The maximum Gasteiger partial charge on any atom is 0.375 e. The third kappa shape index (κ3) is 2.88. The van der Waals surface area contributed by atoms with Gasteiger partial charge in [0.05, 0.1) is 17.9 Å². The first kappa shape index (κ1) is 13.4. The molecule has 2 rings (SSSR count). The molecule has 0 spiro atoms. The minimum atomic E-state index is -0.743. The number of nitrogens with zero attached hydrogens (tertiary/aromatic N) is 4. The fraction of sp³-hybridized carbons (Fsp3) is 0.600. The molecule has 9 heteroatoms. The number of nitrogens with one attached hydrogen (secondary N) is 1. The van der Waals surface area contributed by atoms with Gasteiger partial charge in [-0.2, -0.15) is 0 Å². The zero-order valence-electron chi connectivity index (χ0n) is 10.3. The van der Waals surface area contributed by atoms with Crippen molar-refractivity contribution in [3.8, 4) is 0 Å². The Morgan fingerprint density at radius 2 is 2.11 bits per heavy atom. The van der Waals surface area contributed by atoms with Gasteiger partial charge in [0, 0.05) is 32.7 Å². The molecular formula is C10H15N5O4. The first-order chi connectivity index (χ1) is 9.13. The van der Waals surface area contributed by atoms with Crippen molar-refractivity contribution in [2.45, 2.75) is 0 Å². The predicted octanol–water partition coefficient (Wildman–Crippen LogP) is -1.21. The van der Waals surface area contributed by atoms with Gasteiger partial charge in [-0.1, -0.05) is 0 Å². The smallest absolute Gasteiger partial charge is 0.375 e. The standard InChI is InChI=1S/C10H15N5O4/c16-6-5-13-1-3-14(4-2-13)9-8(15(18)19)10(17)12-7-11-9/h7,16H,1-6H2,(H,11,12,17). The number of piperazine rings is 1. The number of hydrogen-bond acceptors (Lipinski definition) is 7. The van der Waals surface area contributed by atoms with Gasteiger partial charge in [-0.3, -0.25) is 19.8 Å². The van der Waals surface area contributed by atoms with Crippen LogP contribution in [0.4, 0.5) is 11.5 Å². The first-order valence-electron chi connectivity index (χ1n) is 5.93. The molecule has 9 nitrogen and oxygen atoms in total. The maximum absolute atomic E-state index is 11.5. The van der Waals surface area contributed by atoms with Gasteiger partial charge in [-0.15, -0.1) is 0 Å². The van der Waals surface area contributed by atoms with E-state index in [0.29, 0.717) is 32.7 Å². The summed E-state index contributed by atoms with van der Waals surface area (Å²) in [6.07, 6.45) is 1.17. The van der Waals surface area contributed by atoms with Crippen LogP contribution in [0.15, 0.2) is 11.1 Å². The average molecular weight is 269 g/mol. The van der Waals surface area contributed by atoms with Crippen LogP contribution in [0.2, 0.25) is 0 Å². The normalized spacial score (nSPS) is 16.6. The van der Waals surface area contributed by atoms with E-state index in [1.165, 1.54) is 6.33 Å². The summed E-state index contributed by atoms with van der Waals surface area (Å²) in [6.45, 7) is 3.09. The lowest BCUT2D eigenvalue weighted by Crippen LogP contribution is -2.48. The molecule has 1 aromatic rings. The molecule has 1 saturated heterocycles. The fourth-order valence-electron chi connectivity index (χ4n) is 2.10. The highest BCUT2D eigenvalue weighted by atomic mass is 16.6. The van der Waals surface area contributed by atoms with E-state index in [2.05, 4.69) is 14.9 Å². The molecule has 1 aliphatic heterocycles. The van der Waals surface area contributed by atoms with Gasteiger partial charge in [0.2, 0.25) is 5.82 Å². The van der Waals surface area contributed by atoms with Crippen LogP contribution in [-0.2, 0) is 0 Å². The van der Waals surface area contributed by atoms with Crippen LogP contribution in [0, 0.1) is 10.1 Å². The fourth-order valence-corrected chi connectivity index (χ4v) is 2.10. The second-order valence-corrected chi connectivity index (χ2v) is 4.21. The molecule has 0 bridgehead atoms. The van der Waals surface area contributed by atoms with E-state index in [-0.39, 0.29) is 12.4 Å². The molecule has 2 N–H and O–H groups in total. The Hall–Kier alpha value is -2.00. The van der Waals surface area contributed by atoms with Crippen LogP contribution >= 0.6 is 0 Å². The summed E-state index contributed by atoms with van der Waals surface area (Å²) in [4.78, 5) is 31.6. The van der Waals surface area contributed by atoms with E-state index in [0.717, 1.165) is 0 Å². The molecule has 1 aromatic heterocycles. The molecule has 0 amide bonds. The zero-order valence-corrected chi connectivity index (χ0v) is 10.3. The van der Waals surface area contributed by atoms with Crippen molar-refractivity contribution >= 4 is 11.5 Å². The second kappa shape index (κ2) is 5.76. The number of H-pyrrole nitrogens is 1. The number of aromatic amines is 1. The van der Waals surface area contributed by atoms with E-state index in [1.807, 2.05) is 0 Å². The summed E-state index contributed by atoms with van der Waals surface area (Å²) in [5.41, 5.74) is -1.26. The molecule has 0 atom stereocenters. The first-order valence-corrected chi connectivity index (χ1v) is 5.93. The Labute approximate surface area is 108 Å². The van der Waals surface area contributed by atoms with Crippen LogP contribution in [0.1, 0.15) is 0 Å². The minimum absolute atomic E-state index is 0.0867. The number of nitro groups is 1. The molecule has 2 heterocycles. The summed E-state index contributed by atoms with van der Waals surface area (Å²) >= 11 is 0. The van der Waals surface area contributed by atoms with E-state index in [9.17, 15) is 14.9 Å². The Morgan fingerprint density at radius 3 is 2.68 bits per heavy atom. The van der Waals surface area contributed by atoms with E-state index in [1.54, 1.807) is 4.90 Å². The maximum atomic E-state index is 11.5. The lowest BCUT2D eigenvalue weighted by molar-refractivity contribution is -0.385. The Morgan fingerprint density at radius 1 is 1.42 bits per heavy atom. The number of aromatic nitrogens is 2. The van der Waals surface area contributed by atoms with E-state index >= 15 is 0 Å². The number of hydrogen-bond donors (Lipinski definition) is 2. The second-order valence-electron chi connectivity index (χ2n) is 4.21. The zero-order chi connectivity index (χ0) is 13.8. The van der Waals surface area contributed by atoms with E-state index < -0.39 is 16.2 Å². The average Bonchev–Trinajstić information content (AvgIpc) is 2.39. The van der Waals surface area contributed by atoms with Crippen molar-refractivity contribution in [1.82, 2.24) is 14.9 Å². The molecule has 0 aliphatic carbocycles. The molecule has 0 aromatic carbocycles. The van der Waals surface area contributed by atoms with Crippen molar-refractivity contribution in [3.63, 3.8) is 0 Å². The third-order valence-electron chi connectivity index (χ3n) is 3.08. The van der Waals surface area contributed by atoms with Gasteiger partial charge in [-0.25, -0.2) is 4.98 Å². The lowest BCUT2D eigenvalue weighted by Gasteiger charge is -2.34. The summed E-state index contributed by atoms with van der Waals surface area (Å²) in [7, 11) is 0. The van der Waals surface area contributed by atoms with Crippen molar-refractivity contribution in [2.75, 3.05) is 44.2 Å². The molecule has 19 heavy (non-hydrogen) atoms. The number of β-amino-alcohol motifs (C(OH)–C–C–N with tert-alkyl or cyclic N) is 1. The lowest BCUT2D eigenvalue weighted by atomic mass is 10.3. The predicted molar refractivity (Wildman–Crippen MR) is 67.3 cm³/mol. The molecule has 0 saturated carbocycles. The topological polar surface area (TPSA) is 116 Å². The van der Waals surface area contributed by atoms with E-state index in [4.69, 9.17) is 5.11 Å². The van der Waals surface area contributed by atoms with Gasteiger partial charge in [0.1, 0.15) is 0 Å². The Bertz CT molecular complexity index is 509. The van der Waals surface area contributed by atoms with Crippen molar-refractivity contribution in [1.29, 1.82) is 0 Å². The van der Waals surface area contributed by atoms with Crippen LogP contribution in [0.3, 0.4) is 0 Å². The molecule has 1 fully saturated rings. The molecule has 0 unspecified atom stereocenters. The highest BCUT2D eigenvalue weighted by Gasteiger charge is 2.27. The van der Waals surface area contributed by atoms with Crippen LogP contribution < -0.4 is 10.5 Å². The highest BCUT2D eigenvalue weighted by molar-refractivity contribution is 5.56. The summed E-state index contributed by atoms with van der Waals surface area (Å²) in [5, 5.41) is 19.8. The Balaban J connectivity index is 2.18. The van der Waals surface area contributed by atoms with Gasteiger partial charge >= 0.3 is 11.2 Å². The summed E-state index contributed by atoms with van der Waals surface area (Å²) in [5.74, 6) is 0.109. The number of aliphatic hydroxyl groups excluding tert-OH is 1. The SMILES string of the molecule is O=c1[nH]cnc(N2CCN(CCO)CC2)c1[N+](=O)[O-]. The van der Waals surface area contributed by atoms with Gasteiger partial charge in [-0.05, 0) is 0 Å². The van der Waals surface area contributed by atoms with Crippen LogP contribution in [-0.4, -0.2) is 64.2 Å². The largest absolute Gasteiger partial charge is 0.395 e. The summed E-state index contributed by atoms with van der Waals surface area (Å²) < 4.78 is 0. The highest BCUT2D eigenvalue weighted by Crippen LogP contribution is 2.21. The van der Waals surface area contributed by atoms with Crippen LogP contribution in [0.25, 0.3) is 0 Å². The Kier molecular flexibility index (Phi) is 4.07. The van der Waals surface area contributed by atoms with Crippen molar-refractivity contribution in [3.05, 3.63) is 26.8 Å². The summed E-state index contributed by atoms with van der Waals surface area (Å²) in [6, 6.07) is 0. The number of rotatable bonds is 4. The molecule has 104 valence electrons.